The van der Waals surface area contributed by atoms with Crippen LogP contribution >= 0.6 is 0 Å². The molecule has 0 amide bonds. The zero-order valence-corrected chi connectivity index (χ0v) is 20.2. The van der Waals surface area contributed by atoms with Gasteiger partial charge in [-0.2, -0.15) is 0 Å². The molecule has 32 heavy (non-hydrogen) atoms. The zero-order valence-electron chi connectivity index (χ0n) is 20.2. The quantitative estimate of drug-likeness (QED) is 0.108. The van der Waals surface area contributed by atoms with E-state index in [2.05, 4.69) is 0 Å². The topological polar surface area (TPSA) is 101 Å². The van der Waals surface area contributed by atoms with E-state index in [0.29, 0.717) is 36.7 Å². The molecule has 0 radical (unpaired) electrons. The zero-order chi connectivity index (χ0) is 24.4. The van der Waals surface area contributed by atoms with Gasteiger partial charge >= 0.3 is 11.9 Å². The van der Waals surface area contributed by atoms with E-state index in [1.165, 1.54) is 6.08 Å². The highest BCUT2D eigenvalue weighted by Gasteiger charge is 2.24. The van der Waals surface area contributed by atoms with E-state index in [9.17, 15) is 19.5 Å². The third-order valence-electron chi connectivity index (χ3n) is 4.63. The number of hydrogen-bond acceptors (Lipinski definition) is 5. The standard InChI is InChI=1S/C25H41NO6/c1-5-21(27)15-11-9-10-13-17-22(28)16-12-7-6-8-14-18-25(31)32-23(19-24(29)30)20-26(2,3)4/h9-11,13,15,17,22-23,28H,5-8,12,14,16,18-20H2,1-4H3/p+1/b10-9+,15-11+,17-13+. The van der Waals surface area contributed by atoms with Crippen LogP contribution < -0.4 is 0 Å². The lowest BCUT2D eigenvalue weighted by atomic mass is 10.1. The van der Waals surface area contributed by atoms with Crippen molar-refractivity contribution in [2.24, 2.45) is 0 Å². The fourth-order valence-corrected chi connectivity index (χ4v) is 3.04. The van der Waals surface area contributed by atoms with E-state index in [4.69, 9.17) is 9.84 Å². The number of carbonyl (C=O) groups excluding carboxylic acids is 2. The summed E-state index contributed by atoms with van der Waals surface area (Å²) in [6.45, 7) is 2.27. The number of hydrogen-bond donors (Lipinski definition) is 2. The Morgan fingerprint density at radius 2 is 1.56 bits per heavy atom. The Bertz CT molecular complexity index is 645. The van der Waals surface area contributed by atoms with Crippen LogP contribution in [-0.2, 0) is 19.1 Å². The molecule has 0 aromatic carbocycles. The first-order valence-electron chi connectivity index (χ1n) is 11.5. The molecule has 7 heteroatoms. The SMILES string of the molecule is CCC(=O)/C=C/C=C/C=C/C(O)CCCCCCCC(=O)OC(CC(=O)O)C[N+](C)(C)C. The van der Waals surface area contributed by atoms with Gasteiger partial charge in [0.1, 0.15) is 6.54 Å². The molecule has 2 unspecified atom stereocenters. The molecule has 0 bridgehead atoms. The maximum Gasteiger partial charge on any atom is 0.307 e. The van der Waals surface area contributed by atoms with Gasteiger partial charge in [0.2, 0.25) is 0 Å². The number of aliphatic carboxylic acids is 1. The predicted octanol–water partition coefficient (Wildman–Crippen LogP) is 3.82. The van der Waals surface area contributed by atoms with Crippen LogP contribution in [0.3, 0.4) is 0 Å². The van der Waals surface area contributed by atoms with Gasteiger partial charge in [0.15, 0.2) is 11.9 Å². The Morgan fingerprint density at radius 3 is 2.19 bits per heavy atom. The largest absolute Gasteiger partial charge is 0.481 e. The summed E-state index contributed by atoms with van der Waals surface area (Å²) >= 11 is 0. The number of ether oxygens (including phenoxy) is 1. The summed E-state index contributed by atoms with van der Waals surface area (Å²) in [6, 6.07) is 0. The monoisotopic (exact) mass is 452 g/mol. The number of quaternary nitrogens is 1. The highest BCUT2D eigenvalue weighted by atomic mass is 16.5. The highest BCUT2D eigenvalue weighted by Crippen LogP contribution is 2.12. The molecule has 0 rings (SSSR count). The second-order valence-electron chi connectivity index (χ2n) is 9.01. The van der Waals surface area contributed by atoms with E-state index in [1.807, 2.05) is 28.1 Å². The summed E-state index contributed by atoms with van der Waals surface area (Å²) < 4.78 is 5.90. The molecule has 7 nitrogen and oxygen atoms in total. The molecule has 2 N–H and O–H groups in total. The number of esters is 1. The molecule has 0 aromatic heterocycles. The minimum absolute atomic E-state index is 0.0813. The van der Waals surface area contributed by atoms with Gasteiger partial charge in [-0.15, -0.1) is 0 Å². The Balaban J connectivity index is 3.93. The van der Waals surface area contributed by atoms with Crippen molar-refractivity contribution in [2.75, 3.05) is 27.7 Å². The summed E-state index contributed by atoms with van der Waals surface area (Å²) in [6.07, 6.45) is 14.9. The predicted molar refractivity (Wildman–Crippen MR) is 126 cm³/mol. The van der Waals surface area contributed by atoms with Crippen molar-refractivity contribution in [3.05, 3.63) is 36.5 Å². The van der Waals surface area contributed by atoms with Gasteiger partial charge in [0, 0.05) is 12.8 Å². The van der Waals surface area contributed by atoms with Gasteiger partial charge in [-0.3, -0.25) is 14.4 Å². The number of likely N-dealkylation sites (N-methyl/N-ethyl adjacent to an activating group) is 1. The molecular weight excluding hydrogens is 410 g/mol. The van der Waals surface area contributed by atoms with Crippen LogP contribution in [0.15, 0.2) is 36.5 Å². The Labute approximate surface area is 193 Å². The minimum Gasteiger partial charge on any atom is -0.481 e. The van der Waals surface area contributed by atoms with Gasteiger partial charge in [0.05, 0.1) is 33.7 Å². The molecule has 0 spiro atoms. The number of ketones is 1. The number of carboxylic acid groups (broad SMARTS) is 1. The lowest BCUT2D eigenvalue weighted by Crippen LogP contribution is -2.43. The molecular formula is C25H42NO6+. The molecule has 0 aliphatic heterocycles. The summed E-state index contributed by atoms with van der Waals surface area (Å²) in [5.41, 5.74) is 0. The van der Waals surface area contributed by atoms with Crippen molar-refractivity contribution in [1.29, 1.82) is 0 Å². The maximum atomic E-state index is 12.0. The Hall–Kier alpha value is -2.25. The lowest BCUT2D eigenvalue weighted by Gasteiger charge is -2.28. The third-order valence-corrected chi connectivity index (χ3v) is 4.63. The first kappa shape index (κ1) is 29.8. The number of aliphatic hydroxyl groups is 1. The first-order chi connectivity index (χ1) is 15.0. The minimum atomic E-state index is -0.968. The van der Waals surface area contributed by atoms with Crippen molar-refractivity contribution in [1.82, 2.24) is 0 Å². The summed E-state index contributed by atoms with van der Waals surface area (Å²) in [4.78, 5) is 34.1. The number of rotatable bonds is 18. The van der Waals surface area contributed by atoms with Crippen LogP contribution in [0.5, 0.6) is 0 Å². The van der Waals surface area contributed by atoms with E-state index in [1.54, 1.807) is 30.4 Å². The molecule has 0 heterocycles. The normalized spacial score (nSPS) is 14.3. The number of carboxylic acids is 1. The first-order valence-corrected chi connectivity index (χ1v) is 11.5. The number of nitrogens with zero attached hydrogens (tertiary/aromatic N) is 1. The van der Waals surface area contributed by atoms with E-state index >= 15 is 0 Å². The summed E-state index contributed by atoms with van der Waals surface area (Å²) in [5, 5.41) is 18.9. The van der Waals surface area contributed by atoms with Crippen LogP contribution in [-0.4, -0.2) is 72.3 Å². The van der Waals surface area contributed by atoms with Gasteiger partial charge < -0.3 is 19.4 Å². The summed E-state index contributed by atoms with van der Waals surface area (Å²) in [7, 11) is 5.80. The molecule has 0 aromatic rings. The smallest absolute Gasteiger partial charge is 0.307 e. The van der Waals surface area contributed by atoms with Crippen LogP contribution in [0.1, 0.15) is 64.7 Å². The molecule has 0 saturated heterocycles. The van der Waals surface area contributed by atoms with Crippen LogP contribution in [0.2, 0.25) is 0 Å². The van der Waals surface area contributed by atoms with Crippen LogP contribution in [0.4, 0.5) is 0 Å². The van der Waals surface area contributed by atoms with Crippen molar-refractivity contribution in [3.8, 4) is 0 Å². The molecule has 2 atom stereocenters. The molecule has 0 aliphatic rings. The van der Waals surface area contributed by atoms with Gasteiger partial charge in [0.25, 0.3) is 0 Å². The number of aliphatic hydroxyl groups excluding tert-OH is 1. The van der Waals surface area contributed by atoms with Crippen molar-refractivity contribution >= 4 is 17.7 Å². The fraction of sp³-hybridized carbons (Fsp3) is 0.640. The highest BCUT2D eigenvalue weighted by molar-refractivity contribution is 5.89. The van der Waals surface area contributed by atoms with Gasteiger partial charge in [-0.25, -0.2) is 0 Å². The molecule has 0 fully saturated rings. The van der Waals surface area contributed by atoms with Crippen molar-refractivity contribution in [3.63, 3.8) is 0 Å². The second-order valence-corrected chi connectivity index (χ2v) is 9.01. The Kier molecular flexibility index (Phi) is 16.1. The number of allylic oxidation sites excluding steroid dienone is 5. The lowest BCUT2D eigenvalue weighted by molar-refractivity contribution is -0.873. The van der Waals surface area contributed by atoms with Crippen molar-refractivity contribution < 1.29 is 33.8 Å². The number of unbranched alkanes of at least 4 members (excludes halogenated alkanes) is 4. The molecule has 0 aliphatic carbocycles. The van der Waals surface area contributed by atoms with Crippen LogP contribution in [0.25, 0.3) is 0 Å². The molecule has 0 saturated carbocycles. The average molecular weight is 453 g/mol. The number of carbonyl (C=O) groups is 3. The second kappa shape index (κ2) is 17.3. The van der Waals surface area contributed by atoms with Crippen molar-refractivity contribution in [2.45, 2.75) is 76.9 Å². The van der Waals surface area contributed by atoms with Gasteiger partial charge in [-0.1, -0.05) is 63.0 Å². The van der Waals surface area contributed by atoms with Gasteiger partial charge in [-0.05, 0) is 18.9 Å². The Morgan fingerprint density at radius 1 is 0.938 bits per heavy atom. The summed E-state index contributed by atoms with van der Waals surface area (Å²) in [5.74, 6) is -1.23. The van der Waals surface area contributed by atoms with Crippen LogP contribution in [0, 0.1) is 0 Å². The molecule has 182 valence electrons. The fourth-order valence-electron chi connectivity index (χ4n) is 3.04. The third kappa shape index (κ3) is 19.7. The average Bonchev–Trinajstić information content (AvgIpc) is 2.67. The van der Waals surface area contributed by atoms with E-state index < -0.39 is 18.2 Å². The van der Waals surface area contributed by atoms with E-state index in [0.717, 1.165) is 25.7 Å². The maximum absolute atomic E-state index is 12.0. The van der Waals surface area contributed by atoms with E-state index in [-0.39, 0.29) is 18.2 Å².